The smallest absolute Gasteiger partial charge is 0.0991 e. The Morgan fingerprint density at radius 1 is 1.31 bits per heavy atom. The van der Waals surface area contributed by atoms with Crippen LogP contribution in [0.5, 0.6) is 0 Å². The molecule has 86 valence electrons. The number of hydrogen-bond donors (Lipinski definition) is 1. The minimum Gasteiger partial charge on any atom is -0.309 e. The van der Waals surface area contributed by atoms with Crippen molar-refractivity contribution in [2.24, 2.45) is 0 Å². The number of nitrogens with one attached hydrogen (secondary N) is 1. The average molecular weight is 217 g/mol. The van der Waals surface area contributed by atoms with E-state index in [0.717, 1.165) is 13.1 Å². The lowest BCUT2D eigenvalue weighted by Crippen LogP contribution is -2.28. The van der Waals surface area contributed by atoms with Crippen molar-refractivity contribution in [3.8, 4) is 6.07 Å². The fraction of sp³-hybridized carbons (Fsp3) is 0.462. The van der Waals surface area contributed by atoms with Gasteiger partial charge < -0.3 is 10.2 Å². The Kier molecular flexibility index (Phi) is 4.97. The van der Waals surface area contributed by atoms with Crippen LogP contribution in [-0.2, 0) is 0 Å². The Morgan fingerprint density at radius 3 is 2.44 bits per heavy atom. The highest BCUT2D eigenvalue weighted by Gasteiger charge is 2.04. The van der Waals surface area contributed by atoms with E-state index in [9.17, 15) is 0 Å². The summed E-state index contributed by atoms with van der Waals surface area (Å²) < 4.78 is 0. The third-order valence-electron chi connectivity index (χ3n) is 2.55. The third-order valence-corrected chi connectivity index (χ3v) is 2.55. The van der Waals surface area contributed by atoms with Gasteiger partial charge in [0, 0.05) is 19.1 Å². The van der Waals surface area contributed by atoms with Crippen LogP contribution in [0.1, 0.15) is 24.1 Å². The zero-order valence-corrected chi connectivity index (χ0v) is 10.2. The molecular weight excluding hydrogens is 198 g/mol. The quantitative estimate of drug-likeness (QED) is 0.817. The maximum absolute atomic E-state index is 8.70. The van der Waals surface area contributed by atoms with Crippen molar-refractivity contribution in [2.45, 2.75) is 13.0 Å². The molecule has 0 saturated carbocycles. The van der Waals surface area contributed by atoms with Crippen LogP contribution in [0.15, 0.2) is 24.3 Å². The van der Waals surface area contributed by atoms with Gasteiger partial charge in [-0.15, -0.1) is 0 Å². The standard InChI is InChI=1S/C13H19N3/c1-11(15-8-9-16(2)3)13-6-4-12(10-14)5-7-13/h4-7,11,15H,8-9H2,1-3H3. The van der Waals surface area contributed by atoms with Gasteiger partial charge in [0.15, 0.2) is 0 Å². The van der Waals surface area contributed by atoms with E-state index < -0.39 is 0 Å². The van der Waals surface area contributed by atoms with E-state index in [1.807, 2.05) is 24.3 Å². The SMILES string of the molecule is CC(NCCN(C)C)c1ccc(C#N)cc1. The lowest BCUT2D eigenvalue weighted by Gasteiger charge is -2.16. The first-order valence-electron chi connectivity index (χ1n) is 5.51. The summed E-state index contributed by atoms with van der Waals surface area (Å²) in [7, 11) is 4.13. The molecule has 1 unspecified atom stereocenters. The molecule has 0 saturated heterocycles. The maximum atomic E-state index is 8.70. The highest BCUT2D eigenvalue weighted by Crippen LogP contribution is 2.12. The molecule has 0 aliphatic rings. The molecule has 0 radical (unpaired) electrons. The highest BCUT2D eigenvalue weighted by molar-refractivity contribution is 5.32. The van der Waals surface area contributed by atoms with E-state index in [0.29, 0.717) is 11.6 Å². The largest absolute Gasteiger partial charge is 0.309 e. The zero-order chi connectivity index (χ0) is 12.0. The minimum absolute atomic E-state index is 0.327. The Labute approximate surface area is 97.7 Å². The summed E-state index contributed by atoms with van der Waals surface area (Å²) in [6, 6.07) is 10.2. The van der Waals surface area contributed by atoms with E-state index >= 15 is 0 Å². The molecule has 0 aliphatic heterocycles. The van der Waals surface area contributed by atoms with Gasteiger partial charge in [-0.25, -0.2) is 0 Å². The normalized spacial score (nSPS) is 12.4. The van der Waals surface area contributed by atoms with Crippen molar-refractivity contribution in [3.05, 3.63) is 35.4 Å². The molecule has 0 aromatic heterocycles. The summed E-state index contributed by atoms with van der Waals surface area (Å²) in [4.78, 5) is 2.15. The molecule has 1 rings (SSSR count). The topological polar surface area (TPSA) is 39.1 Å². The molecule has 0 bridgehead atoms. The van der Waals surface area contributed by atoms with Gasteiger partial charge in [-0.2, -0.15) is 5.26 Å². The third kappa shape index (κ3) is 4.01. The molecule has 1 aromatic carbocycles. The predicted molar refractivity (Wildman–Crippen MR) is 66.1 cm³/mol. The second kappa shape index (κ2) is 6.26. The van der Waals surface area contributed by atoms with Crippen LogP contribution >= 0.6 is 0 Å². The van der Waals surface area contributed by atoms with E-state index in [1.54, 1.807) is 0 Å². The molecule has 0 heterocycles. The molecule has 16 heavy (non-hydrogen) atoms. The Balaban J connectivity index is 2.47. The van der Waals surface area contributed by atoms with E-state index in [1.165, 1.54) is 5.56 Å². The number of rotatable bonds is 5. The van der Waals surface area contributed by atoms with Crippen molar-refractivity contribution in [1.82, 2.24) is 10.2 Å². The van der Waals surface area contributed by atoms with Crippen molar-refractivity contribution in [2.75, 3.05) is 27.2 Å². The van der Waals surface area contributed by atoms with Crippen LogP contribution < -0.4 is 5.32 Å². The van der Waals surface area contributed by atoms with Gasteiger partial charge in [-0.1, -0.05) is 12.1 Å². The molecule has 0 aliphatic carbocycles. The molecule has 0 spiro atoms. The van der Waals surface area contributed by atoms with Crippen molar-refractivity contribution >= 4 is 0 Å². The number of benzene rings is 1. The molecule has 1 atom stereocenters. The molecule has 3 heteroatoms. The van der Waals surface area contributed by atoms with Gasteiger partial charge in [-0.05, 0) is 38.7 Å². The molecular formula is C13H19N3. The Morgan fingerprint density at radius 2 is 1.94 bits per heavy atom. The highest BCUT2D eigenvalue weighted by atomic mass is 15.1. The summed E-state index contributed by atoms with van der Waals surface area (Å²) in [6.07, 6.45) is 0. The zero-order valence-electron chi connectivity index (χ0n) is 10.2. The summed E-state index contributed by atoms with van der Waals surface area (Å²) in [5, 5.41) is 12.1. The molecule has 3 nitrogen and oxygen atoms in total. The van der Waals surface area contributed by atoms with Gasteiger partial charge in [-0.3, -0.25) is 0 Å². The van der Waals surface area contributed by atoms with Crippen molar-refractivity contribution in [1.29, 1.82) is 5.26 Å². The van der Waals surface area contributed by atoms with Crippen LogP contribution in [0.2, 0.25) is 0 Å². The lowest BCUT2D eigenvalue weighted by molar-refractivity contribution is 0.389. The van der Waals surface area contributed by atoms with Gasteiger partial charge >= 0.3 is 0 Å². The predicted octanol–water partition coefficient (Wildman–Crippen LogP) is 1.77. The fourth-order valence-corrected chi connectivity index (χ4v) is 1.47. The fourth-order valence-electron chi connectivity index (χ4n) is 1.47. The van der Waals surface area contributed by atoms with Crippen LogP contribution in [-0.4, -0.2) is 32.1 Å². The van der Waals surface area contributed by atoms with E-state index in [2.05, 4.69) is 37.3 Å². The summed E-state index contributed by atoms with van der Waals surface area (Å²) in [5.41, 5.74) is 1.93. The number of nitriles is 1. The summed E-state index contributed by atoms with van der Waals surface area (Å²) >= 11 is 0. The Hall–Kier alpha value is -1.37. The summed E-state index contributed by atoms with van der Waals surface area (Å²) in [6.45, 7) is 4.13. The second-order valence-electron chi connectivity index (χ2n) is 4.21. The monoisotopic (exact) mass is 217 g/mol. The lowest BCUT2D eigenvalue weighted by atomic mass is 10.1. The van der Waals surface area contributed by atoms with Gasteiger partial charge in [0.05, 0.1) is 11.6 Å². The Bertz CT molecular complexity index is 348. The number of nitrogens with zero attached hydrogens (tertiary/aromatic N) is 2. The van der Waals surface area contributed by atoms with Crippen molar-refractivity contribution in [3.63, 3.8) is 0 Å². The average Bonchev–Trinajstić information content (AvgIpc) is 2.28. The first-order chi connectivity index (χ1) is 7.63. The van der Waals surface area contributed by atoms with Gasteiger partial charge in [0.2, 0.25) is 0 Å². The van der Waals surface area contributed by atoms with E-state index in [-0.39, 0.29) is 0 Å². The molecule has 0 amide bonds. The number of hydrogen-bond acceptors (Lipinski definition) is 3. The summed E-state index contributed by atoms with van der Waals surface area (Å²) in [5.74, 6) is 0. The van der Waals surface area contributed by atoms with Crippen molar-refractivity contribution < 1.29 is 0 Å². The van der Waals surface area contributed by atoms with Gasteiger partial charge in [0.25, 0.3) is 0 Å². The molecule has 0 fully saturated rings. The molecule has 1 N–H and O–H groups in total. The minimum atomic E-state index is 0.327. The van der Waals surface area contributed by atoms with Crippen LogP contribution in [0.3, 0.4) is 0 Å². The maximum Gasteiger partial charge on any atom is 0.0991 e. The number of likely N-dealkylation sites (N-methyl/N-ethyl adjacent to an activating group) is 1. The van der Waals surface area contributed by atoms with E-state index in [4.69, 9.17) is 5.26 Å². The van der Waals surface area contributed by atoms with Crippen LogP contribution in [0.4, 0.5) is 0 Å². The first-order valence-corrected chi connectivity index (χ1v) is 5.51. The first kappa shape index (κ1) is 12.7. The second-order valence-corrected chi connectivity index (χ2v) is 4.21. The van der Waals surface area contributed by atoms with Crippen LogP contribution in [0.25, 0.3) is 0 Å². The van der Waals surface area contributed by atoms with Crippen LogP contribution in [0, 0.1) is 11.3 Å². The molecule has 1 aromatic rings. The van der Waals surface area contributed by atoms with Gasteiger partial charge in [0.1, 0.15) is 0 Å².